The number of nitrogens with one attached hydrogen (secondary N) is 7. The van der Waals surface area contributed by atoms with Crippen molar-refractivity contribution in [3.8, 4) is 0 Å². The van der Waals surface area contributed by atoms with E-state index in [1.165, 1.54) is 103 Å². The number of aliphatic imine (C=N–C) groups is 1. The van der Waals surface area contributed by atoms with E-state index in [0.717, 1.165) is 57.1 Å². The van der Waals surface area contributed by atoms with E-state index in [2.05, 4.69) is 60.7 Å². The average molecular weight is 1650 g/mol. The maximum absolute atomic E-state index is 13.3. The molecule has 1 aromatic heterocycles. The Balaban J connectivity index is 0.00000276. The molecule has 4 atom stereocenters. The minimum Gasteiger partial charge on any atom is -0.377 e. The van der Waals surface area contributed by atoms with Crippen LogP contribution in [0.2, 0.25) is 0 Å². The topological polar surface area (TPSA) is 468 Å². The van der Waals surface area contributed by atoms with Gasteiger partial charge in [0.2, 0.25) is 35.4 Å². The second-order valence-electron chi connectivity index (χ2n) is 32.7. The molecule has 1 aromatic rings. The number of guanidine groups is 1. The highest BCUT2D eigenvalue weighted by Crippen LogP contribution is 2.37. The molecule has 0 bridgehead atoms. The molecule has 668 valence electrons. The van der Waals surface area contributed by atoms with Gasteiger partial charge in [-0.05, 0) is 91.0 Å². The molecule has 0 unspecified atom stereocenters. The largest absolute Gasteiger partial charge is 0.377 e. The van der Waals surface area contributed by atoms with E-state index in [0.29, 0.717) is 110 Å². The SMILES string of the molecule is CC(=O)[C@H](CCCN=C(N)N)CC(=O)C(C)(C)CC(=O)C(C)(C)CC(=O)C(C)(C)CC(=O)[C@@H](N)Cc1cnc[nH]1.CCCCCCCCCCCC(=O)NCCCCCOCC(=O)C[C@@H](CCCCNC(=O)COCCOCCNC(=O)CCCCCCCCCCC)C(=O)NCCOCCOCC(=O)NCCCC[C@H](NC)C(N)=O. The number of hydrogen-bond donors (Lipinski definition) is 11. The molecule has 1 rings (SSSR count). The van der Waals surface area contributed by atoms with E-state index in [1.807, 2.05) is 0 Å². The zero-order chi connectivity index (χ0) is 86.7. The van der Waals surface area contributed by atoms with E-state index in [-0.39, 0.29) is 168 Å². The lowest BCUT2D eigenvalue weighted by Crippen LogP contribution is -2.41. The van der Waals surface area contributed by atoms with Gasteiger partial charge < -0.3 is 83.5 Å². The molecular formula is C86H157N13O17. The number of unbranched alkanes of at least 4 members (excludes halogenated alkanes) is 20. The third-order valence-electron chi connectivity index (χ3n) is 20.5. The zero-order valence-corrected chi connectivity index (χ0v) is 73.1. The molecule has 0 spiro atoms. The van der Waals surface area contributed by atoms with Gasteiger partial charge in [-0.2, -0.15) is 0 Å². The molecule has 0 aliphatic carbocycles. The minimum absolute atomic E-state index is 0.0186. The Labute approximate surface area is 694 Å². The Morgan fingerprint density at radius 2 is 0.888 bits per heavy atom. The third kappa shape index (κ3) is 60.5. The number of primary amides is 1. The fourth-order valence-corrected chi connectivity index (χ4v) is 12.7. The van der Waals surface area contributed by atoms with Crippen LogP contribution >= 0.6 is 0 Å². The molecule has 30 nitrogen and oxygen atoms in total. The fourth-order valence-electron chi connectivity index (χ4n) is 12.7. The number of ether oxygens (including phenoxy) is 5. The van der Waals surface area contributed by atoms with Crippen molar-refractivity contribution < 1.29 is 81.2 Å². The number of H-pyrrole nitrogens is 1. The predicted octanol–water partition coefficient (Wildman–Crippen LogP) is 9.11. The molecule has 116 heavy (non-hydrogen) atoms. The first-order chi connectivity index (χ1) is 55.3. The van der Waals surface area contributed by atoms with Gasteiger partial charge in [0.1, 0.15) is 43.0 Å². The highest BCUT2D eigenvalue weighted by Gasteiger charge is 2.42. The van der Waals surface area contributed by atoms with Crippen LogP contribution in [0, 0.1) is 28.1 Å². The molecule has 30 heteroatoms. The maximum atomic E-state index is 13.3. The molecule has 0 saturated carbocycles. The van der Waals surface area contributed by atoms with Gasteiger partial charge >= 0.3 is 0 Å². The first kappa shape index (κ1) is 109. The van der Waals surface area contributed by atoms with E-state index in [9.17, 15) is 57.5 Å². The lowest BCUT2D eigenvalue weighted by Gasteiger charge is -2.32. The number of imidazole rings is 1. The number of Topliss-reactive ketones (excluding diaryl/α,β-unsaturated/α-hetero) is 6. The number of nitrogens with two attached hydrogens (primary N) is 4. The molecule has 0 saturated heterocycles. The van der Waals surface area contributed by atoms with E-state index < -0.39 is 40.0 Å². The van der Waals surface area contributed by atoms with E-state index in [1.54, 1.807) is 54.8 Å². The Bertz CT molecular complexity index is 2910. The van der Waals surface area contributed by atoms with Crippen molar-refractivity contribution in [2.24, 2.45) is 56.0 Å². The van der Waals surface area contributed by atoms with Crippen molar-refractivity contribution in [2.75, 3.05) is 112 Å². The summed E-state index contributed by atoms with van der Waals surface area (Å²) >= 11 is 0. The van der Waals surface area contributed by atoms with Crippen LogP contribution in [-0.2, 0) is 87.6 Å². The fraction of sp³-hybridized carbons (Fsp3) is 0.814. The average Bonchev–Trinajstić information content (AvgIpc) is 1.64. The molecule has 0 aliphatic rings. The third-order valence-corrected chi connectivity index (χ3v) is 20.5. The number of ketones is 6. The highest BCUT2D eigenvalue weighted by atomic mass is 16.5. The van der Waals surface area contributed by atoms with Gasteiger partial charge in [0.25, 0.3) is 0 Å². The number of rotatable bonds is 78. The molecule has 0 aromatic carbocycles. The number of carbonyl (C=O) groups excluding carboxylic acids is 12. The number of carbonyl (C=O) groups is 12. The van der Waals surface area contributed by atoms with E-state index >= 15 is 0 Å². The van der Waals surface area contributed by atoms with Gasteiger partial charge in [-0.1, -0.05) is 165 Å². The summed E-state index contributed by atoms with van der Waals surface area (Å²) in [5, 5.41) is 17.2. The van der Waals surface area contributed by atoms with Crippen LogP contribution in [0.15, 0.2) is 17.5 Å². The van der Waals surface area contributed by atoms with Gasteiger partial charge in [-0.15, -0.1) is 0 Å². The Morgan fingerprint density at radius 1 is 0.457 bits per heavy atom. The van der Waals surface area contributed by atoms with Crippen LogP contribution < -0.4 is 54.8 Å². The van der Waals surface area contributed by atoms with Crippen molar-refractivity contribution in [1.29, 1.82) is 0 Å². The lowest BCUT2D eigenvalue weighted by molar-refractivity contribution is -0.141. The maximum Gasteiger partial charge on any atom is 0.245 e. The zero-order valence-electron chi connectivity index (χ0n) is 73.1. The monoisotopic (exact) mass is 1640 g/mol. The first-order valence-corrected chi connectivity index (χ1v) is 43.4. The van der Waals surface area contributed by atoms with Crippen molar-refractivity contribution in [3.05, 3.63) is 18.2 Å². The van der Waals surface area contributed by atoms with Crippen molar-refractivity contribution in [1.82, 2.24) is 41.9 Å². The van der Waals surface area contributed by atoms with Crippen LogP contribution in [0.1, 0.15) is 299 Å². The molecular weight excluding hydrogens is 1490 g/mol. The lowest BCUT2D eigenvalue weighted by atomic mass is 9.69. The van der Waals surface area contributed by atoms with Crippen LogP contribution in [0.3, 0.4) is 0 Å². The number of likely N-dealkylation sites (N-methyl/N-ethyl adjacent to an activating group) is 1. The van der Waals surface area contributed by atoms with E-state index in [4.69, 9.17) is 46.6 Å². The molecule has 0 radical (unpaired) electrons. The summed E-state index contributed by atoms with van der Waals surface area (Å²) in [5.74, 6) is -3.30. The van der Waals surface area contributed by atoms with Gasteiger partial charge in [-0.25, -0.2) is 4.98 Å². The second-order valence-corrected chi connectivity index (χ2v) is 32.7. The molecule has 1 heterocycles. The smallest absolute Gasteiger partial charge is 0.245 e. The number of amides is 6. The number of aromatic amines is 1. The Hall–Kier alpha value is -6.96. The minimum atomic E-state index is -1.05. The summed E-state index contributed by atoms with van der Waals surface area (Å²) in [6.45, 7) is 20.1. The first-order valence-electron chi connectivity index (χ1n) is 43.4. The predicted molar refractivity (Wildman–Crippen MR) is 454 cm³/mol. The number of hydrogen-bond acceptors (Lipinski definition) is 21. The standard InChI is InChI=1S/C57H109N7O12.C29H48N6O5/c1-4-6-8-10-12-14-16-18-21-31-52(66)60-33-25-20-28-38-74-46-50(65)45-49(57(71)64-37-40-73-42-44-76-48-55(69)62-35-27-24-30-51(59-3)56(58)70)29-23-26-34-61-54(68)47-75-43-41-72-39-36-63-53(67)32-22-19-17-15-13-11-9-7-5-2;1-18(36)19(9-8-10-34-26(31)32)11-23(38)28(4,5)14-25(40)29(6,7)15-24(39)27(2,3)13-22(37)21(30)12-20-16-33-17-35-20/h49,51,59H,4-48H2,1-3H3,(H2,58,70)(H,60,66)(H,61,68)(H,62,69)(H,63,67)(H,64,71);16-17,19,21H,8-15,30H2,1-7H3,(H,33,35)(H4,31,32,34)/t49-,51+;19-,21+/m11/s1. The quantitative estimate of drug-likeness (QED) is 0.0164. The molecule has 0 aliphatic heterocycles. The summed E-state index contributed by atoms with van der Waals surface area (Å²) in [6.07, 6.45) is 33.4. The van der Waals surface area contributed by atoms with Crippen LogP contribution in [0.4, 0.5) is 0 Å². The molecule has 6 amide bonds. The van der Waals surface area contributed by atoms with Gasteiger partial charge in [-0.3, -0.25) is 62.5 Å². The van der Waals surface area contributed by atoms with Crippen LogP contribution in [0.25, 0.3) is 0 Å². The van der Waals surface area contributed by atoms with Crippen molar-refractivity contribution >= 4 is 76.1 Å². The summed E-state index contributed by atoms with van der Waals surface area (Å²) < 4.78 is 27.6. The number of nitrogens with zero attached hydrogens (tertiary/aromatic N) is 2. The summed E-state index contributed by atoms with van der Waals surface area (Å²) in [4.78, 5) is 162. The van der Waals surface area contributed by atoms with Crippen molar-refractivity contribution in [2.45, 2.75) is 312 Å². The second kappa shape index (κ2) is 68.9. The normalized spacial score (nSPS) is 12.6. The summed E-state index contributed by atoms with van der Waals surface area (Å²) in [6, 6.07) is -1.16. The number of aromatic nitrogens is 2. The van der Waals surface area contributed by atoms with Gasteiger partial charge in [0.05, 0.1) is 58.1 Å². The van der Waals surface area contributed by atoms with Crippen molar-refractivity contribution in [3.63, 3.8) is 0 Å². The Morgan fingerprint density at radius 3 is 1.37 bits per heavy atom. The highest BCUT2D eigenvalue weighted by molar-refractivity contribution is 5.98. The van der Waals surface area contributed by atoms with Gasteiger partial charge in [0, 0.05) is 137 Å². The Kier molecular flexibility index (Phi) is 64.8. The summed E-state index contributed by atoms with van der Waals surface area (Å²) in [7, 11) is 1.68. The van der Waals surface area contributed by atoms with Crippen LogP contribution in [-0.4, -0.2) is 211 Å². The molecule has 15 N–H and O–H groups in total. The van der Waals surface area contributed by atoms with Crippen LogP contribution in [0.5, 0.6) is 0 Å². The van der Waals surface area contributed by atoms with Gasteiger partial charge in [0.15, 0.2) is 17.5 Å². The summed E-state index contributed by atoms with van der Waals surface area (Å²) in [5.41, 5.74) is 19.7. The molecule has 0 fully saturated rings.